The van der Waals surface area contributed by atoms with E-state index in [0.717, 1.165) is 36.3 Å². The maximum atomic E-state index is 13.0. The van der Waals surface area contributed by atoms with Gasteiger partial charge in [0.25, 0.3) is 11.8 Å². The normalized spacial score (nSPS) is 13.8. The van der Waals surface area contributed by atoms with Gasteiger partial charge in [-0.3, -0.25) is 14.6 Å². The van der Waals surface area contributed by atoms with Gasteiger partial charge in [-0.25, -0.2) is 0 Å². The number of nitrogens with one attached hydrogen (secondary N) is 2. The summed E-state index contributed by atoms with van der Waals surface area (Å²) < 4.78 is 0. The number of hydrogen-bond donors (Lipinski definition) is 3. The predicted molar refractivity (Wildman–Crippen MR) is 148 cm³/mol. The second-order valence-corrected chi connectivity index (χ2v) is 9.58. The van der Waals surface area contributed by atoms with Crippen LogP contribution in [0.5, 0.6) is 0 Å². The molecule has 2 heterocycles. The lowest BCUT2D eigenvalue weighted by atomic mass is 9.99. The molecule has 0 radical (unpaired) electrons. The highest BCUT2D eigenvalue weighted by Gasteiger charge is 2.18. The number of nitrogens with zero attached hydrogens (tertiary/aromatic N) is 2. The summed E-state index contributed by atoms with van der Waals surface area (Å²) in [6, 6.07) is 23.4. The minimum atomic E-state index is -0.660. The Morgan fingerprint density at radius 3 is 2.53 bits per heavy atom. The zero-order valence-corrected chi connectivity index (χ0v) is 21.2. The minimum absolute atomic E-state index is 0.245. The van der Waals surface area contributed by atoms with Crippen molar-refractivity contribution in [3.05, 3.63) is 119 Å². The third-order valence-corrected chi connectivity index (χ3v) is 6.85. The van der Waals surface area contributed by atoms with Gasteiger partial charge in [0.1, 0.15) is 0 Å². The number of likely N-dealkylation sites (N-methyl/N-ethyl adjacent to an activating group) is 1. The summed E-state index contributed by atoms with van der Waals surface area (Å²) in [4.78, 5) is 32.3. The SMILES string of the molecule is CN1CCc2ccc(NC(=O)c3cccc([C@@H](CO)NC(=O)c4ccc(-c5cccnc5)cc4)c3)cc2C1. The van der Waals surface area contributed by atoms with Gasteiger partial charge < -0.3 is 20.6 Å². The number of anilines is 1. The monoisotopic (exact) mass is 506 g/mol. The number of benzene rings is 3. The van der Waals surface area contributed by atoms with Crippen molar-refractivity contribution in [1.82, 2.24) is 15.2 Å². The summed E-state index contributed by atoms with van der Waals surface area (Å²) in [5.41, 5.74) is 6.78. The van der Waals surface area contributed by atoms with E-state index in [1.165, 1.54) is 11.1 Å². The number of fused-ring (bicyclic) bond motifs is 1. The number of aromatic nitrogens is 1. The predicted octanol–water partition coefficient (Wildman–Crippen LogP) is 4.45. The molecule has 7 nitrogen and oxygen atoms in total. The van der Waals surface area contributed by atoms with Crippen LogP contribution in [0.15, 0.2) is 91.3 Å². The summed E-state index contributed by atoms with van der Waals surface area (Å²) in [6.07, 6.45) is 4.49. The Balaban J connectivity index is 1.26. The average Bonchev–Trinajstić information content (AvgIpc) is 2.96. The van der Waals surface area contributed by atoms with Gasteiger partial charge in [-0.2, -0.15) is 0 Å². The molecule has 3 aromatic carbocycles. The second-order valence-electron chi connectivity index (χ2n) is 9.58. The van der Waals surface area contributed by atoms with Crippen molar-refractivity contribution in [2.75, 3.05) is 25.5 Å². The van der Waals surface area contributed by atoms with E-state index >= 15 is 0 Å². The molecule has 4 aromatic rings. The Hall–Kier alpha value is -4.33. The number of pyridine rings is 1. The Bertz CT molecular complexity index is 1440. The summed E-state index contributed by atoms with van der Waals surface area (Å²) in [6.45, 7) is 1.59. The molecule has 0 fully saturated rings. The summed E-state index contributed by atoms with van der Waals surface area (Å²) in [5.74, 6) is -0.555. The quantitative estimate of drug-likeness (QED) is 0.344. The fourth-order valence-electron chi connectivity index (χ4n) is 4.70. The largest absolute Gasteiger partial charge is 0.394 e. The van der Waals surface area contributed by atoms with Crippen molar-refractivity contribution in [3.63, 3.8) is 0 Å². The van der Waals surface area contributed by atoms with Crippen LogP contribution < -0.4 is 10.6 Å². The first-order valence-corrected chi connectivity index (χ1v) is 12.6. The molecular formula is C31H30N4O3. The Kier molecular flexibility index (Phi) is 7.58. The number of carbonyl (C=O) groups is 2. The summed E-state index contributed by atoms with van der Waals surface area (Å²) in [7, 11) is 2.09. The molecule has 0 spiro atoms. The smallest absolute Gasteiger partial charge is 0.255 e. The van der Waals surface area contributed by atoms with E-state index in [1.54, 1.807) is 48.8 Å². The summed E-state index contributed by atoms with van der Waals surface area (Å²) in [5, 5.41) is 15.9. The van der Waals surface area contributed by atoms with Crippen molar-refractivity contribution in [2.24, 2.45) is 0 Å². The number of amides is 2. The van der Waals surface area contributed by atoms with E-state index in [9.17, 15) is 14.7 Å². The highest BCUT2D eigenvalue weighted by molar-refractivity contribution is 6.04. The van der Waals surface area contributed by atoms with Crippen LogP contribution in [0.3, 0.4) is 0 Å². The molecule has 192 valence electrons. The van der Waals surface area contributed by atoms with Crippen LogP contribution in [0.1, 0.15) is 43.4 Å². The van der Waals surface area contributed by atoms with Gasteiger partial charge in [-0.1, -0.05) is 36.4 Å². The van der Waals surface area contributed by atoms with Crippen LogP contribution in [0.2, 0.25) is 0 Å². The zero-order valence-electron chi connectivity index (χ0n) is 21.2. The number of aliphatic hydroxyl groups is 1. The molecule has 1 aliphatic rings. The fraction of sp³-hybridized carbons (Fsp3) is 0.194. The van der Waals surface area contributed by atoms with Gasteiger partial charge in [-0.15, -0.1) is 0 Å². The molecule has 0 saturated heterocycles. The molecule has 2 amide bonds. The van der Waals surface area contributed by atoms with Crippen LogP contribution in [0.4, 0.5) is 5.69 Å². The first-order chi connectivity index (χ1) is 18.5. The van der Waals surface area contributed by atoms with E-state index in [4.69, 9.17) is 0 Å². The van der Waals surface area contributed by atoms with E-state index < -0.39 is 6.04 Å². The van der Waals surface area contributed by atoms with E-state index in [0.29, 0.717) is 16.7 Å². The maximum absolute atomic E-state index is 13.0. The van der Waals surface area contributed by atoms with Crippen molar-refractivity contribution in [3.8, 4) is 11.1 Å². The standard InChI is InChI=1S/C31H30N4O3/c1-35-15-13-22-11-12-28(17-27(22)19-35)33-31(38)25-5-2-4-24(16-25)29(20-36)34-30(37)23-9-7-21(8-10-23)26-6-3-14-32-18-26/h2-12,14,16-18,29,36H,13,15,19-20H2,1H3,(H,33,38)(H,34,37)/t29-/m1/s1. The third kappa shape index (κ3) is 5.80. The van der Waals surface area contributed by atoms with Crippen LogP contribution in [0, 0.1) is 0 Å². The first-order valence-electron chi connectivity index (χ1n) is 12.6. The number of aliphatic hydroxyl groups excluding tert-OH is 1. The highest BCUT2D eigenvalue weighted by Crippen LogP contribution is 2.23. The Labute approximate surface area is 222 Å². The lowest BCUT2D eigenvalue weighted by molar-refractivity contribution is 0.0916. The van der Waals surface area contributed by atoms with Gasteiger partial charge in [0.05, 0.1) is 12.6 Å². The molecule has 0 bridgehead atoms. The van der Waals surface area contributed by atoms with E-state index in [2.05, 4.69) is 33.6 Å². The molecule has 1 atom stereocenters. The highest BCUT2D eigenvalue weighted by atomic mass is 16.3. The molecule has 7 heteroatoms. The lowest BCUT2D eigenvalue weighted by Gasteiger charge is -2.25. The zero-order chi connectivity index (χ0) is 26.5. The van der Waals surface area contributed by atoms with Crippen LogP contribution in [-0.2, 0) is 13.0 Å². The molecule has 1 aliphatic heterocycles. The molecule has 0 saturated carbocycles. The Morgan fingerprint density at radius 2 is 1.76 bits per heavy atom. The van der Waals surface area contributed by atoms with E-state index in [1.807, 2.05) is 36.4 Å². The molecule has 3 N–H and O–H groups in total. The second kappa shape index (κ2) is 11.4. The van der Waals surface area contributed by atoms with Crippen molar-refractivity contribution >= 4 is 17.5 Å². The van der Waals surface area contributed by atoms with Gasteiger partial charge in [0.2, 0.25) is 0 Å². The van der Waals surface area contributed by atoms with Crippen molar-refractivity contribution < 1.29 is 14.7 Å². The fourth-order valence-corrected chi connectivity index (χ4v) is 4.70. The molecule has 38 heavy (non-hydrogen) atoms. The van der Waals surface area contributed by atoms with Crippen LogP contribution in [-0.4, -0.2) is 47.0 Å². The number of hydrogen-bond acceptors (Lipinski definition) is 5. The van der Waals surface area contributed by atoms with Crippen LogP contribution >= 0.6 is 0 Å². The average molecular weight is 507 g/mol. The number of carbonyl (C=O) groups excluding carboxylic acids is 2. The number of rotatable bonds is 7. The topological polar surface area (TPSA) is 94.6 Å². The van der Waals surface area contributed by atoms with Gasteiger partial charge in [0.15, 0.2) is 0 Å². The van der Waals surface area contributed by atoms with Crippen molar-refractivity contribution in [2.45, 2.75) is 19.0 Å². The minimum Gasteiger partial charge on any atom is -0.394 e. The Morgan fingerprint density at radius 1 is 0.921 bits per heavy atom. The van der Waals surface area contributed by atoms with Gasteiger partial charge in [0, 0.05) is 42.3 Å². The van der Waals surface area contributed by atoms with Crippen LogP contribution in [0.25, 0.3) is 11.1 Å². The maximum Gasteiger partial charge on any atom is 0.255 e. The molecule has 1 aromatic heterocycles. The van der Waals surface area contributed by atoms with E-state index in [-0.39, 0.29) is 18.4 Å². The van der Waals surface area contributed by atoms with Gasteiger partial charge in [-0.05, 0) is 83.8 Å². The summed E-state index contributed by atoms with van der Waals surface area (Å²) >= 11 is 0. The first kappa shape index (κ1) is 25.3. The molecule has 5 rings (SSSR count). The van der Waals surface area contributed by atoms with Crippen molar-refractivity contribution in [1.29, 1.82) is 0 Å². The third-order valence-electron chi connectivity index (χ3n) is 6.85. The van der Waals surface area contributed by atoms with Gasteiger partial charge >= 0.3 is 0 Å². The molecule has 0 aliphatic carbocycles. The lowest BCUT2D eigenvalue weighted by Crippen LogP contribution is -2.31. The molecular weight excluding hydrogens is 476 g/mol. The molecule has 0 unspecified atom stereocenters.